The smallest absolute Gasteiger partial charge is 0.293 e. The van der Waals surface area contributed by atoms with Crippen molar-refractivity contribution in [3.05, 3.63) is 31.6 Å². The molecule has 3 rings (SSSR count). The Morgan fingerprint density at radius 3 is 2.86 bits per heavy atom. The number of rotatable bonds is 3. The molecule has 2 fully saturated rings. The molecule has 2 aliphatic heterocycles. The Kier molecular flexibility index (Phi) is 4.30. The van der Waals surface area contributed by atoms with E-state index in [9.17, 15) is 14.5 Å². The van der Waals surface area contributed by atoms with Gasteiger partial charge in [0, 0.05) is 30.8 Å². The van der Waals surface area contributed by atoms with E-state index >= 15 is 0 Å². The van der Waals surface area contributed by atoms with Gasteiger partial charge in [0.2, 0.25) is 0 Å². The van der Waals surface area contributed by atoms with Gasteiger partial charge in [-0.2, -0.15) is 0 Å². The molecule has 0 radical (unpaired) electrons. The second-order valence-electron chi connectivity index (χ2n) is 5.62. The number of anilines is 1. The van der Waals surface area contributed by atoms with Crippen molar-refractivity contribution < 1.29 is 9.31 Å². The molecule has 2 heterocycles. The van der Waals surface area contributed by atoms with Crippen LogP contribution in [0.1, 0.15) is 25.7 Å². The summed E-state index contributed by atoms with van der Waals surface area (Å²) < 4.78 is 14.2. The van der Waals surface area contributed by atoms with Crippen molar-refractivity contribution in [2.24, 2.45) is 0 Å². The Bertz CT molecular complexity index is 563. The Morgan fingerprint density at radius 2 is 2.19 bits per heavy atom. The highest BCUT2D eigenvalue weighted by molar-refractivity contribution is 14.1. The van der Waals surface area contributed by atoms with Gasteiger partial charge in [0.1, 0.15) is 11.5 Å². The highest BCUT2D eigenvalue weighted by Gasteiger charge is 2.36. The van der Waals surface area contributed by atoms with Crippen LogP contribution in [0.5, 0.6) is 0 Å². The van der Waals surface area contributed by atoms with Crippen LogP contribution >= 0.6 is 22.6 Å². The van der Waals surface area contributed by atoms with Gasteiger partial charge >= 0.3 is 0 Å². The molecule has 1 aromatic carbocycles. The highest BCUT2D eigenvalue weighted by atomic mass is 127. The summed E-state index contributed by atoms with van der Waals surface area (Å²) in [6.07, 6.45) is 4.22. The first-order chi connectivity index (χ1) is 10.1. The zero-order valence-corrected chi connectivity index (χ0v) is 13.7. The molecular formula is C14H17FIN3O2. The van der Waals surface area contributed by atoms with Crippen LogP contribution in [0.2, 0.25) is 0 Å². The molecule has 2 aliphatic rings. The highest BCUT2D eigenvalue weighted by Crippen LogP contribution is 2.37. The van der Waals surface area contributed by atoms with Crippen molar-refractivity contribution in [1.82, 2.24) is 5.32 Å². The lowest BCUT2D eigenvalue weighted by atomic mass is 10.0. The third kappa shape index (κ3) is 2.85. The average Bonchev–Trinajstić information content (AvgIpc) is 3.09. The van der Waals surface area contributed by atoms with Crippen LogP contribution in [0, 0.1) is 19.5 Å². The van der Waals surface area contributed by atoms with Crippen LogP contribution in [-0.4, -0.2) is 30.1 Å². The molecule has 2 saturated heterocycles. The molecule has 5 nitrogen and oxygen atoms in total. The van der Waals surface area contributed by atoms with E-state index in [2.05, 4.69) is 5.32 Å². The third-order valence-corrected chi connectivity index (χ3v) is 5.21. The second-order valence-corrected chi connectivity index (χ2v) is 6.78. The molecule has 0 bridgehead atoms. The van der Waals surface area contributed by atoms with Gasteiger partial charge in [-0.3, -0.25) is 10.1 Å². The summed E-state index contributed by atoms with van der Waals surface area (Å²) in [5.74, 6) is -0.388. The maximum absolute atomic E-state index is 13.9. The minimum Gasteiger partial charge on any atom is -0.361 e. The van der Waals surface area contributed by atoms with Crippen molar-refractivity contribution in [1.29, 1.82) is 0 Å². The Labute approximate surface area is 136 Å². The standard InChI is InChI=1S/C14H17FIN3O2/c15-9-7-13(14(19(20)21)8-10(9)16)18-6-2-4-12(18)11-3-1-5-17-11/h7-8,11-12,17H,1-6H2. The second kappa shape index (κ2) is 6.04. The molecule has 1 aromatic rings. The zero-order valence-electron chi connectivity index (χ0n) is 11.5. The summed E-state index contributed by atoms with van der Waals surface area (Å²) in [5, 5.41) is 14.8. The molecule has 7 heteroatoms. The summed E-state index contributed by atoms with van der Waals surface area (Å²) in [5.41, 5.74) is 0.430. The van der Waals surface area contributed by atoms with Crippen LogP contribution in [0.15, 0.2) is 12.1 Å². The molecule has 0 saturated carbocycles. The summed E-state index contributed by atoms with van der Waals surface area (Å²) in [4.78, 5) is 12.9. The summed E-state index contributed by atoms with van der Waals surface area (Å²) in [6.45, 7) is 1.75. The molecule has 0 amide bonds. The summed E-state index contributed by atoms with van der Waals surface area (Å²) >= 11 is 1.80. The number of halogens is 2. The Hall–Kier alpha value is -0.960. The zero-order chi connectivity index (χ0) is 15.0. The lowest BCUT2D eigenvalue weighted by molar-refractivity contribution is -0.384. The fraction of sp³-hybridized carbons (Fsp3) is 0.571. The molecule has 0 aliphatic carbocycles. The van der Waals surface area contributed by atoms with E-state index in [1.807, 2.05) is 4.90 Å². The van der Waals surface area contributed by atoms with Crippen molar-refractivity contribution in [3.8, 4) is 0 Å². The van der Waals surface area contributed by atoms with E-state index in [-0.39, 0.29) is 21.1 Å². The molecule has 2 unspecified atom stereocenters. The van der Waals surface area contributed by atoms with E-state index < -0.39 is 4.92 Å². The van der Waals surface area contributed by atoms with Gasteiger partial charge in [-0.25, -0.2) is 4.39 Å². The first-order valence-corrected chi connectivity index (χ1v) is 8.29. The van der Waals surface area contributed by atoms with Crippen LogP contribution < -0.4 is 10.2 Å². The van der Waals surface area contributed by atoms with Crippen molar-refractivity contribution in [3.63, 3.8) is 0 Å². The van der Waals surface area contributed by atoms with Crippen LogP contribution in [0.25, 0.3) is 0 Å². The van der Waals surface area contributed by atoms with E-state index in [0.29, 0.717) is 11.7 Å². The summed E-state index contributed by atoms with van der Waals surface area (Å²) in [6, 6.07) is 3.25. The third-order valence-electron chi connectivity index (χ3n) is 4.39. The molecule has 114 valence electrons. The topological polar surface area (TPSA) is 58.4 Å². The molecule has 1 N–H and O–H groups in total. The van der Waals surface area contributed by atoms with Gasteiger partial charge in [-0.1, -0.05) is 0 Å². The molecule has 21 heavy (non-hydrogen) atoms. The average molecular weight is 405 g/mol. The van der Waals surface area contributed by atoms with Gasteiger partial charge in [0.05, 0.1) is 8.49 Å². The SMILES string of the molecule is O=[N+]([O-])c1cc(I)c(F)cc1N1CCCC1C1CCCN1. The van der Waals surface area contributed by atoms with Gasteiger partial charge < -0.3 is 10.2 Å². The number of nitro benzene ring substituents is 1. The number of benzene rings is 1. The van der Waals surface area contributed by atoms with E-state index in [1.165, 1.54) is 12.1 Å². The quantitative estimate of drug-likeness (QED) is 0.477. The Balaban J connectivity index is 1.98. The first kappa shape index (κ1) is 15.0. The maximum atomic E-state index is 13.9. The molecule has 0 aromatic heterocycles. The monoisotopic (exact) mass is 405 g/mol. The Morgan fingerprint density at radius 1 is 1.38 bits per heavy atom. The number of hydrogen-bond acceptors (Lipinski definition) is 4. The molecular weight excluding hydrogens is 388 g/mol. The maximum Gasteiger partial charge on any atom is 0.293 e. The minimum absolute atomic E-state index is 0.00527. The lowest BCUT2D eigenvalue weighted by Crippen LogP contribution is -2.44. The van der Waals surface area contributed by atoms with Crippen LogP contribution in [0.4, 0.5) is 15.8 Å². The van der Waals surface area contributed by atoms with E-state index in [1.54, 1.807) is 22.6 Å². The fourth-order valence-electron chi connectivity index (χ4n) is 3.45. The number of nitrogens with zero attached hydrogens (tertiary/aromatic N) is 2. The van der Waals surface area contributed by atoms with Crippen molar-refractivity contribution in [2.45, 2.75) is 37.8 Å². The van der Waals surface area contributed by atoms with Gasteiger partial charge in [-0.05, 0) is 54.8 Å². The van der Waals surface area contributed by atoms with E-state index in [4.69, 9.17) is 0 Å². The molecule has 0 spiro atoms. The first-order valence-electron chi connectivity index (χ1n) is 7.21. The van der Waals surface area contributed by atoms with Crippen LogP contribution in [0.3, 0.4) is 0 Å². The van der Waals surface area contributed by atoms with Gasteiger partial charge in [0.25, 0.3) is 5.69 Å². The predicted molar refractivity (Wildman–Crippen MR) is 87.2 cm³/mol. The largest absolute Gasteiger partial charge is 0.361 e. The molecule has 2 atom stereocenters. The fourth-order valence-corrected chi connectivity index (χ4v) is 3.90. The van der Waals surface area contributed by atoms with Crippen LogP contribution in [-0.2, 0) is 0 Å². The van der Waals surface area contributed by atoms with Crippen molar-refractivity contribution in [2.75, 3.05) is 18.0 Å². The number of nitro groups is 1. The van der Waals surface area contributed by atoms with Gasteiger partial charge in [0.15, 0.2) is 0 Å². The number of nitrogens with one attached hydrogen (secondary N) is 1. The van der Waals surface area contributed by atoms with Crippen molar-refractivity contribution >= 4 is 34.0 Å². The van der Waals surface area contributed by atoms with Gasteiger partial charge in [-0.15, -0.1) is 0 Å². The van der Waals surface area contributed by atoms with E-state index in [0.717, 1.165) is 38.8 Å². The number of hydrogen-bond donors (Lipinski definition) is 1. The summed E-state index contributed by atoms with van der Waals surface area (Å²) in [7, 11) is 0. The lowest BCUT2D eigenvalue weighted by Gasteiger charge is -2.31. The predicted octanol–water partition coefficient (Wildman–Crippen LogP) is 3.06. The minimum atomic E-state index is -0.408. The normalized spacial score (nSPS) is 25.5.